The van der Waals surface area contributed by atoms with E-state index >= 15 is 0 Å². The van der Waals surface area contributed by atoms with E-state index in [4.69, 9.17) is 23.2 Å². The van der Waals surface area contributed by atoms with Crippen LogP contribution in [0, 0.1) is 0 Å². The minimum atomic E-state index is -2.28. The van der Waals surface area contributed by atoms with Crippen molar-refractivity contribution in [2.75, 3.05) is 12.0 Å². The van der Waals surface area contributed by atoms with Crippen molar-refractivity contribution in [3.8, 4) is 0 Å². The fourth-order valence-corrected chi connectivity index (χ4v) is 1.00. The van der Waals surface area contributed by atoms with E-state index in [2.05, 4.69) is 0 Å². The molecule has 0 aliphatic heterocycles. The Balaban J connectivity index is 3.52. The van der Waals surface area contributed by atoms with E-state index in [0.717, 1.165) is 4.31 Å². The fourth-order valence-electron chi connectivity index (χ4n) is 0.112. The van der Waals surface area contributed by atoms with E-state index in [9.17, 15) is 8.76 Å². The molecular formula is C2H4Cl2NO2S-. The van der Waals surface area contributed by atoms with Crippen molar-refractivity contribution in [1.82, 2.24) is 4.31 Å². The van der Waals surface area contributed by atoms with Crippen molar-refractivity contribution < 1.29 is 8.76 Å². The van der Waals surface area contributed by atoms with Gasteiger partial charge in [0.2, 0.25) is 0 Å². The highest BCUT2D eigenvalue weighted by atomic mass is 35.5. The van der Waals surface area contributed by atoms with Gasteiger partial charge in [-0.05, 0) is 0 Å². The Morgan fingerprint density at radius 2 is 1.88 bits per heavy atom. The third-order valence-corrected chi connectivity index (χ3v) is 2.02. The lowest BCUT2D eigenvalue weighted by Gasteiger charge is -2.16. The van der Waals surface area contributed by atoms with Crippen LogP contribution in [-0.4, -0.2) is 25.1 Å². The molecule has 0 radical (unpaired) electrons. The van der Waals surface area contributed by atoms with Gasteiger partial charge in [0.25, 0.3) is 0 Å². The van der Waals surface area contributed by atoms with Crippen molar-refractivity contribution in [3.05, 3.63) is 0 Å². The van der Waals surface area contributed by atoms with Gasteiger partial charge in [-0.2, -0.15) is 0 Å². The average Bonchev–Trinajstić information content (AvgIpc) is 1.69. The first-order valence-electron chi connectivity index (χ1n) is 1.68. The molecule has 0 saturated heterocycles. The molecule has 3 nitrogen and oxygen atoms in total. The lowest BCUT2D eigenvalue weighted by molar-refractivity contribution is 0.455. The summed E-state index contributed by atoms with van der Waals surface area (Å²) in [5.74, 6) is 0. The number of rotatable bonds is 3. The molecule has 0 aliphatic rings. The maximum Gasteiger partial charge on any atom is 0.0860 e. The molecule has 50 valence electrons. The normalized spacial score (nSPS) is 14.5. The molecular weight excluding hydrogens is 173 g/mol. The van der Waals surface area contributed by atoms with Crippen LogP contribution in [0.3, 0.4) is 0 Å². The lowest BCUT2D eigenvalue weighted by atomic mass is 11.2. The summed E-state index contributed by atoms with van der Waals surface area (Å²) in [6.07, 6.45) is 0. The smallest absolute Gasteiger partial charge is 0.0860 e. The summed E-state index contributed by atoms with van der Waals surface area (Å²) in [5, 5.41) is 0. The molecule has 0 spiro atoms. The monoisotopic (exact) mass is 176 g/mol. The molecule has 1 unspecified atom stereocenters. The second kappa shape index (κ2) is 4.52. The highest BCUT2D eigenvalue weighted by Gasteiger charge is 1.97. The summed E-state index contributed by atoms with van der Waals surface area (Å²) >= 11 is 7.94. The Morgan fingerprint density at radius 3 is 1.88 bits per heavy atom. The fraction of sp³-hybridized carbons (Fsp3) is 1.00. The second-order valence-electron chi connectivity index (χ2n) is 0.938. The molecule has 0 aromatic carbocycles. The summed E-state index contributed by atoms with van der Waals surface area (Å²) in [7, 11) is 0. The first-order chi connectivity index (χ1) is 3.72. The number of halogens is 2. The topological polar surface area (TPSA) is 43.4 Å². The van der Waals surface area contributed by atoms with Crippen molar-refractivity contribution in [2.24, 2.45) is 0 Å². The first-order valence-corrected chi connectivity index (χ1v) is 3.78. The average molecular weight is 177 g/mol. The number of alkyl halides is 2. The Morgan fingerprint density at radius 1 is 1.50 bits per heavy atom. The van der Waals surface area contributed by atoms with Crippen molar-refractivity contribution in [2.45, 2.75) is 0 Å². The quantitative estimate of drug-likeness (QED) is 0.357. The zero-order valence-corrected chi connectivity index (χ0v) is 6.17. The molecule has 0 aliphatic carbocycles. The van der Waals surface area contributed by atoms with Gasteiger partial charge < -0.3 is 4.55 Å². The molecule has 0 rings (SSSR count). The summed E-state index contributed by atoms with van der Waals surface area (Å²) in [5.41, 5.74) is 0. The molecule has 0 N–H and O–H groups in total. The third kappa shape index (κ3) is 2.84. The SMILES string of the molecule is O=S([O-])N(CCl)CCl. The predicted molar refractivity (Wildman–Crippen MR) is 32.2 cm³/mol. The molecule has 1 atom stereocenters. The van der Waals surface area contributed by atoms with E-state index in [0.29, 0.717) is 0 Å². The van der Waals surface area contributed by atoms with E-state index in [-0.39, 0.29) is 12.0 Å². The van der Waals surface area contributed by atoms with Crippen LogP contribution in [0.25, 0.3) is 0 Å². The second-order valence-corrected chi connectivity index (χ2v) is 2.37. The van der Waals surface area contributed by atoms with Crippen LogP contribution in [0.15, 0.2) is 0 Å². The summed E-state index contributed by atoms with van der Waals surface area (Å²) in [6.45, 7) is 0. The van der Waals surface area contributed by atoms with Gasteiger partial charge >= 0.3 is 0 Å². The minimum absolute atomic E-state index is 0.0976. The number of nitrogens with zero attached hydrogens (tertiary/aromatic N) is 1. The van der Waals surface area contributed by atoms with Gasteiger partial charge in [-0.1, -0.05) is 0 Å². The molecule has 0 bridgehead atoms. The van der Waals surface area contributed by atoms with Crippen LogP contribution in [0.1, 0.15) is 0 Å². The predicted octanol–water partition coefficient (Wildman–Crippen LogP) is 0.475. The minimum Gasteiger partial charge on any atom is -0.760 e. The molecule has 0 amide bonds. The Hall–Kier alpha value is 0.650. The van der Waals surface area contributed by atoms with Gasteiger partial charge in [0.15, 0.2) is 0 Å². The van der Waals surface area contributed by atoms with E-state index in [1.54, 1.807) is 0 Å². The van der Waals surface area contributed by atoms with E-state index in [1.165, 1.54) is 0 Å². The van der Waals surface area contributed by atoms with Gasteiger partial charge in [0.05, 0.1) is 12.0 Å². The maximum atomic E-state index is 9.92. The standard InChI is InChI=1S/C2H5Cl2NO2S/c3-1-5(2-4)8(6)7/h1-2H2,(H,6,7)/p-1. The van der Waals surface area contributed by atoms with Crippen LogP contribution in [0.5, 0.6) is 0 Å². The van der Waals surface area contributed by atoms with Crippen LogP contribution < -0.4 is 0 Å². The zero-order chi connectivity index (χ0) is 6.57. The maximum absolute atomic E-state index is 9.92. The van der Waals surface area contributed by atoms with E-state index in [1.807, 2.05) is 0 Å². The van der Waals surface area contributed by atoms with Gasteiger partial charge in [0, 0.05) is 11.3 Å². The van der Waals surface area contributed by atoms with Crippen LogP contribution in [0.2, 0.25) is 0 Å². The van der Waals surface area contributed by atoms with Crippen molar-refractivity contribution >= 4 is 34.5 Å². The summed E-state index contributed by atoms with van der Waals surface area (Å²) in [6, 6.07) is -0.195. The summed E-state index contributed by atoms with van der Waals surface area (Å²) in [4.78, 5) is 0. The zero-order valence-electron chi connectivity index (χ0n) is 3.84. The van der Waals surface area contributed by atoms with Crippen molar-refractivity contribution in [3.63, 3.8) is 0 Å². The molecule has 0 aromatic rings. The van der Waals surface area contributed by atoms with Crippen molar-refractivity contribution in [1.29, 1.82) is 0 Å². The number of hydrogen-bond donors (Lipinski definition) is 0. The van der Waals surface area contributed by atoms with Crippen LogP contribution in [-0.2, 0) is 11.3 Å². The number of hydrogen-bond acceptors (Lipinski definition) is 2. The van der Waals surface area contributed by atoms with Gasteiger partial charge in [-0.15, -0.1) is 23.2 Å². The van der Waals surface area contributed by atoms with Crippen LogP contribution in [0.4, 0.5) is 0 Å². The molecule has 6 heteroatoms. The molecule has 8 heavy (non-hydrogen) atoms. The Bertz CT molecular complexity index is 86.1. The van der Waals surface area contributed by atoms with Gasteiger partial charge in [-0.25, -0.2) is 4.31 Å². The van der Waals surface area contributed by atoms with E-state index < -0.39 is 11.3 Å². The third-order valence-electron chi connectivity index (χ3n) is 0.477. The summed E-state index contributed by atoms with van der Waals surface area (Å²) < 4.78 is 20.7. The molecule has 0 heterocycles. The Labute approximate surface area is 60.0 Å². The highest BCUT2D eigenvalue weighted by Crippen LogP contribution is 1.95. The van der Waals surface area contributed by atoms with Gasteiger partial charge in [0.1, 0.15) is 0 Å². The molecule has 0 saturated carbocycles. The Kier molecular flexibility index (Phi) is 4.89. The highest BCUT2D eigenvalue weighted by molar-refractivity contribution is 7.76. The lowest BCUT2D eigenvalue weighted by Crippen LogP contribution is -2.22. The van der Waals surface area contributed by atoms with Crippen LogP contribution >= 0.6 is 23.2 Å². The molecule has 0 aromatic heterocycles. The molecule has 0 fully saturated rings. The largest absolute Gasteiger partial charge is 0.760 e. The van der Waals surface area contributed by atoms with Gasteiger partial charge in [-0.3, -0.25) is 4.21 Å². The first kappa shape index (κ1) is 8.65.